The number of hydrogen-bond donors (Lipinski definition) is 8. The molecule has 0 aromatic heterocycles. The quantitative estimate of drug-likeness (QED) is 0.134. The second kappa shape index (κ2) is 11.4. The van der Waals surface area contributed by atoms with Crippen LogP contribution in [0.25, 0.3) is 6.08 Å². The van der Waals surface area contributed by atoms with Gasteiger partial charge in [-0.1, -0.05) is 12.1 Å². The van der Waals surface area contributed by atoms with Crippen LogP contribution in [0.2, 0.25) is 0 Å². The minimum atomic E-state index is -1.71. The van der Waals surface area contributed by atoms with Gasteiger partial charge in [0.15, 0.2) is 35.4 Å². The van der Waals surface area contributed by atoms with E-state index in [0.717, 1.165) is 12.1 Å². The smallest absolute Gasteiger partial charge is 0.331 e. The molecule has 0 radical (unpaired) electrons. The number of benzene rings is 2. The molecule has 1 heterocycles. The van der Waals surface area contributed by atoms with E-state index < -0.39 is 67.5 Å². The summed E-state index contributed by atoms with van der Waals surface area (Å²) in [6.07, 6.45) is -6.69. The van der Waals surface area contributed by atoms with Crippen LogP contribution in [0.1, 0.15) is 17.2 Å². The van der Waals surface area contributed by atoms with Gasteiger partial charge in [0.25, 0.3) is 0 Å². The molecule has 0 unspecified atom stereocenters. The van der Waals surface area contributed by atoms with Gasteiger partial charge >= 0.3 is 5.97 Å². The van der Waals surface area contributed by atoms with Gasteiger partial charge in [-0.15, -0.1) is 0 Å². The number of esters is 1. The maximum atomic E-state index is 12.2. The average Bonchev–Trinajstić information content (AvgIpc) is 2.83. The lowest BCUT2D eigenvalue weighted by Gasteiger charge is -2.41. The van der Waals surface area contributed by atoms with Gasteiger partial charge < -0.3 is 55.1 Å². The minimum absolute atomic E-state index is 0.199. The third-order valence-electron chi connectivity index (χ3n) is 5.29. The highest BCUT2D eigenvalue weighted by Gasteiger charge is 2.47. The Bertz CT molecular complexity index is 1050. The molecule has 2 aromatic carbocycles. The van der Waals surface area contributed by atoms with E-state index in [4.69, 9.17) is 14.2 Å². The summed E-state index contributed by atoms with van der Waals surface area (Å²) in [6, 6.07) is 7.48. The van der Waals surface area contributed by atoms with Gasteiger partial charge in [-0.25, -0.2) is 4.79 Å². The molecule has 1 fully saturated rings. The topological polar surface area (TPSA) is 207 Å². The summed E-state index contributed by atoms with van der Waals surface area (Å²) in [4.78, 5) is 12.2. The SMILES string of the molecule is O=C(C=Cc1ccc(O)c(O)c1)O[C@@H]1[C@H](O)[C@@H](O)[C@H](OC[C@@H](O)c2ccc(O)c(O)c2)O[C@@H]1CO. The summed E-state index contributed by atoms with van der Waals surface area (Å²) < 4.78 is 15.9. The summed E-state index contributed by atoms with van der Waals surface area (Å²) >= 11 is 0. The Morgan fingerprint density at radius 3 is 2.26 bits per heavy atom. The van der Waals surface area contributed by atoms with Crippen molar-refractivity contribution in [1.82, 2.24) is 0 Å². The van der Waals surface area contributed by atoms with Crippen molar-refractivity contribution in [2.75, 3.05) is 13.2 Å². The fourth-order valence-electron chi connectivity index (χ4n) is 3.35. The van der Waals surface area contributed by atoms with Crippen LogP contribution in [0.3, 0.4) is 0 Å². The number of hydrogen-bond acceptors (Lipinski definition) is 12. The third kappa shape index (κ3) is 6.39. The first-order chi connectivity index (χ1) is 16.6. The Balaban J connectivity index is 1.60. The highest BCUT2D eigenvalue weighted by Crippen LogP contribution is 2.30. The molecule has 12 nitrogen and oxygen atoms in total. The second-order valence-corrected chi connectivity index (χ2v) is 7.79. The highest BCUT2D eigenvalue weighted by atomic mass is 16.7. The number of phenolic OH excluding ortho intramolecular Hbond substituents is 4. The van der Waals surface area contributed by atoms with Crippen LogP contribution in [0.15, 0.2) is 42.5 Å². The molecule has 0 bridgehead atoms. The van der Waals surface area contributed by atoms with E-state index in [-0.39, 0.29) is 17.1 Å². The van der Waals surface area contributed by atoms with E-state index in [2.05, 4.69) is 0 Å². The van der Waals surface area contributed by atoms with E-state index in [1.54, 1.807) is 0 Å². The number of phenols is 4. The van der Waals surface area contributed by atoms with Crippen LogP contribution in [0.4, 0.5) is 0 Å². The summed E-state index contributed by atoms with van der Waals surface area (Å²) in [5, 5.41) is 78.4. The lowest BCUT2D eigenvalue weighted by atomic mass is 9.99. The Hall–Kier alpha value is -3.39. The molecule has 3 rings (SSSR count). The normalized spacial score (nSPS) is 25.4. The van der Waals surface area contributed by atoms with Crippen molar-refractivity contribution in [3.05, 3.63) is 53.6 Å². The van der Waals surface area contributed by atoms with Gasteiger partial charge in [-0.2, -0.15) is 0 Å². The molecule has 6 atom stereocenters. The number of aliphatic hydroxyl groups is 4. The van der Waals surface area contributed by atoms with Gasteiger partial charge in [0.2, 0.25) is 0 Å². The van der Waals surface area contributed by atoms with Crippen molar-refractivity contribution in [3.8, 4) is 23.0 Å². The molecule has 0 spiro atoms. The molecule has 2 aromatic rings. The van der Waals surface area contributed by atoms with E-state index in [1.165, 1.54) is 36.4 Å². The summed E-state index contributed by atoms with van der Waals surface area (Å²) in [6.45, 7) is -1.14. The molecule has 35 heavy (non-hydrogen) atoms. The minimum Gasteiger partial charge on any atom is -0.504 e. The van der Waals surface area contributed by atoms with Crippen LogP contribution >= 0.6 is 0 Å². The fraction of sp³-hybridized carbons (Fsp3) is 0.348. The summed E-state index contributed by atoms with van der Waals surface area (Å²) in [7, 11) is 0. The number of rotatable bonds is 8. The number of aliphatic hydroxyl groups excluding tert-OH is 4. The molecular weight excluding hydrogens is 468 g/mol. The predicted octanol–water partition coefficient (Wildman–Crippen LogP) is -0.377. The van der Waals surface area contributed by atoms with Crippen LogP contribution in [0.5, 0.6) is 23.0 Å². The molecule has 1 aliphatic heterocycles. The van der Waals surface area contributed by atoms with Gasteiger partial charge in [0.1, 0.15) is 24.4 Å². The average molecular weight is 494 g/mol. The Labute approximate surface area is 199 Å². The lowest BCUT2D eigenvalue weighted by Crippen LogP contribution is -2.60. The van der Waals surface area contributed by atoms with Crippen molar-refractivity contribution >= 4 is 12.0 Å². The van der Waals surface area contributed by atoms with Crippen LogP contribution in [-0.2, 0) is 19.0 Å². The first kappa shape index (κ1) is 26.2. The van der Waals surface area contributed by atoms with Crippen molar-refractivity contribution in [1.29, 1.82) is 0 Å². The number of carbonyl (C=O) groups is 1. The largest absolute Gasteiger partial charge is 0.504 e. The maximum Gasteiger partial charge on any atom is 0.331 e. The molecule has 0 saturated carbocycles. The summed E-state index contributed by atoms with van der Waals surface area (Å²) in [5.74, 6) is -2.50. The maximum absolute atomic E-state index is 12.2. The Morgan fingerprint density at radius 1 is 0.971 bits per heavy atom. The van der Waals surface area contributed by atoms with Gasteiger partial charge in [-0.3, -0.25) is 0 Å². The zero-order valence-corrected chi connectivity index (χ0v) is 18.2. The predicted molar refractivity (Wildman–Crippen MR) is 117 cm³/mol. The van der Waals surface area contributed by atoms with Crippen molar-refractivity contribution < 1.29 is 59.9 Å². The van der Waals surface area contributed by atoms with Gasteiger partial charge in [0.05, 0.1) is 13.2 Å². The third-order valence-corrected chi connectivity index (χ3v) is 5.29. The van der Waals surface area contributed by atoms with E-state index in [0.29, 0.717) is 5.56 Å². The first-order valence-corrected chi connectivity index (χ1v) is 10.5. The molecule has 12 heteroatoms. The van der Waals surface area contributed by atoms with Crippen molar-refractivity contribution in [2.24, 2.45) is 0 Å². The van der Waals surface area contributed by atoms with Gasteiger partial charge in [0, 0.05) is 6.08 Å². The molecule has 1 aliphatic rings. The molecule has 0 aliphatic carbocycles. The number of carbonyl (C=O) groups excluding carboxylic acids is 1. The molecular formula is C23H26O12. The monoisotopic (exact) mass is 494 g/mol. The summed E-state index contributed by atoms with van der Waals surface area (Å²) in [5.41, 5.74) is 0.566. The second-order valence-electron chi connectivity index (χ2n) is 7.79. The molecule has 0 amide bonds. The van der Waals surface area contributed by atoms with E-state index >= 15 is 0 Å². The van der Waals surface area contributed by atoms with Crippen molar-refractivity contribution in [2.45, 2.75) is 36.8 Å². The molecule has 190 valence electrons. The van der Waals surface area contributed by atoms with E-state index in [9.17, 15) is 45.6 Å². The molecule has 8 N–H and O–H groups in total. The zero-order chi connectivity index (χ0) is 25.7. The van der Waals surface area contributed by atoms with Crippen molar-refractivity contribution in [3.63, 3.8) is 0 Å². The Morgan fingerprint density at radius 2 is 1.63 bits per heavy atom. The van der Waals surface area contributed by atoms with Crippen LogP contribution in [0, 0.1) is 0 Å². The number of aromatic hydroxyl groups is 4. The first-order valence-electron chi connectivity index (χ1n) is 10.5. The van der Waals surface area contributed by atoms with E-state index in [1.807, 2.05) is 0 Å². The highest BCUT2D eigenvalue weighted by molar-refractivity contribution is 5.87. The molecule has 1 saturated heterocycles. The number of ether oxygens (including phenoxy) is 3. The van der Waals surface area contributed by atoms with Crippen LogP contribution < -0.4 is 0 Å². The standard InChI is InChI=1S/C23H26O12/c24-9-18-22(35-19(30)6-2-11-1-4-13(25)15(27)7-11)20(31)21(32)23(34-18)33-10-17(29)12-3-5-14(26)16(28)8-12/h1-8,17-18,20-29,31-32H,9-10H2/t17-,18-,20-,21-,22+,23-/m1/s1. The Kier molecular flexibility index (Phi) is 8.51. The fourth-order valence-corrected chi connectivity index (χ4v) is 3.35. The lowest BCUT2D eigenvalue weighted by molar-refractivity contribution is -0.306. The van der Waals surface area contributed by atoms with Gasteiger partial charge in [-0.05, 0) is 41.5 Å². The zero-order valence-electron chi connectivity index (χ0n) is 18.2. The van der Waals surface area contributed by atoms with Crippen LogP contribution in [-0.4, -0.2) is 90.7 Å².